The van der Waals surface area contributed by atoms with Crippen molar-refractivity contribution in [2.24, 2.45) is 0 Å². The second-order valence-electron chi connectivity index (χ2n) is 4.54. The number of likely N-dealkylation sites (N-methyl/N-ethyl adjacent to an activating group) is 1. The van der Waals surface area contributed by atoms with E-state index in [4.69, 9.17) is 4.74 Å². The van der Waals surface area contributed by atoms with Crippen LogP contribution in [0, 0.1) is 6.92 Å². The Morgan fingerprint density at radius 2 is 1.82 bits per heavy atom. The van der Waals surface area contributed by atoms with E-state index in [1.165, 1.54) is 11.1 Å². The summed E-state index contributed by atoms with van der Waals surface area (Å²) in [6, 6.07) is 9.17. The number of methoxy groups -OCH3 is 1. The largest absolute Gasteiger partial charge is 0.380 e. The van der Waals surface area contributed by atoms with Gasteiger partial charge in [-0.05, 0) is 31.9 Å². The van der Waals surface area contributed by atoms with Gasteiger partial charge in [-0.25, -0.2) is 0 Å². The highest BCUT2D eigenvalue weighted by molar-refractivity contribution is 5.22. The van der Waals surface area contributed by atoms with Gasteiger partial charge in [0, 0.05) is 13.2 Å². The van der Waals surface area contributed by atoms with Gasteiger partial charge in [0.2, 0.25) is 0 Å². The predicted octanol–water partition coefficient (Wildman–Crippen LogP) is 2.94. The Morgan fingerprint density at radius 3 is 2.29 bits per heavy atom. The highest BCUT2D eigenvalue weighted by Gasteiger charge is 2.18. The van der Waals surface area contributed by atoms with Gasteiger partial charge in [0.1, 0.15) is 0 Å². The number of nitrogens with one attached hydrogen (secondary N) is 1. The lowest BCUT2D eigenvalue weighted by Gasteiger charge is -2.26. The maximum atomic E-state index is 5.55. The van der Waals surface area contributed by atoms with Gasteiger partial charge in [-0.15, -0.1) is 0 Å². The third kappa shape index (κ3) is 4.49. The van der Waals surface area contributed by atoms with E-state index in [-0.39, 0.29) is 6.10 Å². The molecule has 17 heavy (non-hydrogen) atoms. The molecule has 96 valence electrons. The van der Waals surface area contributed by atoms with Gasteiger partial charge in [0.25, 0.3) is 0 Å². The fraction of sp³-hybridized carbons (Fsp3) is 0.600. The molecule has 1 N–H and O–H groups in total. The molecular weight excluding hydrogens is 210 g/mol. The first-order valence-corrected chi connectivity index (χ1v) is 6.53. The zero-order valence-electron chi connectivity index (χ0n) is 11.5. The molecule has 2 unspecified atom stereocenters. The third-order valence-corrected chi connectivity index (χ3v) is 3.20. The van der Waals surface area contributed by atoms with Gasteiger partial charge in [-0.3, -0.25) is 0 Å². The second kappa shape index (κ2) is 7.46. The lowest BCUT2D eigenvalue weighted by atomic mass is 9.99. The molecule has 2 atom stereocenters. The first-order valence-electron chi connectivity index (χ1n) is 6.53. The van der Waals surface area contributed by atoms with Gasteiger partial charge in [-0.1, -0.05) is 43.7 Å². The van der Waals surface area contributed by atoms with Crippen molar-refractivity contribution in [3.8, 4) is 0 Å². The summed E-state index contributed by atoms with van der Waals surface area (Å²) in [5.41, 5.74) is 2.68. The summed E-state index contributed by atoms with van der Waals surface area (Å²) in [5.74, 6) is 0. The third-order valence-electron chi connectivity index (χ3n) is 3.20. The molecule has 0 saturated heterocycles. The minimum Gasteiger partial charge on any atom is -0.380 e. The highest BCUT2D eigenvalue weighted by atomic mass is 16.5. The van der Waals surface area contributed by atoms with Crippen molar-refractivity contribution in [3.05, 3.63) is 35.4 Å². The van der Waals surface area contributed by atoms with Crippen LogP contribution in [0.2, 0.25) is 0 Å². The van der Waals surface area contributed by atoms with Gasteiger partial charge in [-0.2, -0.15) is 0 Å². The van der Waals surface area contributed by atoms with E-state index >= 15 is 0 Å². The molecule has 0 amide bonds. The first kappa shape index (κ1) is 14.2. The highest BCUT2D eigenvalue weighted by Crippen LogP contribution is 2.11. The molecular formula is C15H25NO. The van der Waals surface area contributed by atoms with Crippen LogP contribution in [0.5, 0.6) is 0 Å². The quantitative estimate of drug-likeness (QED) is 0.784. The molecule has 0 heterocycles. The molecule has 0 aliphatic heterocycles. The summed E-state index contributed by atoms with van der Waals surface area (Å²) in [7, 11) is 1.80. The maximum absolute atomic E-state index is 5.55. The Bertz CT molecular complexity index is 303. The van der Waals surface area contributed by atoms with Crippen molar-refractivity contribution < 1.29 is 4.74 Å². The van der Waals surface area contributed by atoms with E-state index < -0.39 is 0 Å². The van der Waals surface area contributed by atoms with E-state index in [9.17, 15) is 0 Å². The molecule has 0 aromatic heterocycles. The van der Waals surface area contributed by atoms with Crippen molar-refractivity contribution in [1.29, 1.82) is 0 Å². The Hall–Kier alpha value is -0.860. The standard InChI is InChI=1S/C15H25NO/c1-5-15(17-4)14(16-6-2)11-13-9-7-12(3)8-10-13/h7-10,14-16H,5-6,11H2,1-4H3. The molecule has 1 aromatic rings. The van der Waals surface area contributed by atoms with Gasteiger partial charge in [0.15, 0.2) is 0 Å². The van der Waals surface area contributed by atoms with Crippen LogP contribution in [0.25, 0.3) is 0 Å². The number of ether oxygens (including phenoxy) is 1. The lowest BCUT2D eigenvalue weighted by Crippen LogP contribution is -2.42. The van der Waals surface area contributed by atoms with E-state index in [2.05, 4.69) is 50.4 Å². The Morgan fingerprint density at radius 1 is 1.18 bits per heavy atom. The minimum atomic E-state index is 0.288. The van der Waals surface area contributed by atoms with Crippen molar-refractivity contribution in [1.82, 2.24) is 5.32 Å². The Kier molecular flexibility index (Phi) is 6.23. The molecule has 2 heteroatoms. The molecule has 0 radical (unpaired) electrons. The number of hydrogen-bond donors (Lipinski definition) is 1. The molecule has 0 aliphatic rings. The monoisotopic (exact) mass is 235 g/mol. The molecule has 1 aromatic carbocycles. The number of benzene rings is 1. The van der Waals surface area contributed by atoms with Crippen LogP contribution in [-0.4, -0.2) is 25.8 Å². The molecule has 0 saturated carbocycles. The first-order chi connectivity index (χ1) is 8.21. The predicted molar refractivity (Wildman–Crippen MR) is 73.4 cm³/mol. The fourth-order valence-electron chi connectivity index (χ4n) is 2.19. The van der Waals surface area contributed by atoms with Crippen LogP contribution in [-0.2, 0) is 11.2 Å². The average molecular weight is 235 g/mol. The number of hydrogen-bond acceptors (Lipinski definition) is 2. The second-order valence-corrected chi connectivity index (χ2v) is 4.54. The maximum Gasteiger partial charge on any atom is 0.0724 e. The van der Waals surface area contributed by atoms with Crippen molar-refractivity contribution in [2.75, 3.05) is 13.7 Å². The average Bonchev–Trinajstić information content (AvgIpc) is 2.34. The van der Waals surface area contributed by atoms with Crippen LogP contribution < -0.4 is 5.32 Å². The Balaban J connectivity index is 2.68. The zero-order chi connectivity index (χ0) is 12.7. The van der Waals surface area contributed by atoms with E-state index in [1.807, 2.05) is 0 Å². The number of rotatable bonds is 7. The van der Waals surface area contributed by atoms with Crippen LogP contribution in [0.3, 0.4) is 0 Å². The summed E-state index contributed by atoms with van der Waals surface area (Å²) in [6.07, 6.45) is 2.36. The van der Waals surface area contributed by atoms with Crippen molar-refractivity contribution in [2.45, 2.75) is 45.8 Å². The molecule has 0 bridgehead atoms. The fourth-order valence-corrected chi connectivity index (χ4v) is 2.19. The smallest absolute Gasteiger partial charge is 0.0724 e. The van der Waals surface area contributed by atoms with Crippen LogP contribution in [0.1, 0.15) is 31.4 Å². The Labute approximate surface area is 105 Å². The van der Waals surface area contributed by atoms with Gasteiger partial charge in [0.05, 0.1) is 6.10 Å². The van der Waals surface area contributed by atoms with Gasteiger partial charge < -0.3 is 10.1 Å². The normalized spacial score (nSPS) is 14.6. The van der Waals surface area contributed by atoms with Crippen LogP contribution in [0.15, 0.2) is 24.3 Å². The van der Waals surface area contributed by atoms with E-state index in [1.54, 1.807) is 7.11 Å². The molecule has 0 spiro atoms. The summed E-state index contributed by atoms with van der Waals surface area (Å²) in [4.78, 5) is 0. The van der Waals surface area contributed by atoms with Gasteiger partial charge >= 0.3 is 0 Å². The van der Waals surface area contributed by atoms with Crippen molar-refractivity contribution in [3.63, 3.8) is 0 Å². The molecule has 0 aliphatic carbocycles. The lowest BCUT2D eigenvalue weighted by molar-refractivity contribution is 0.0658. The zero-order valence-corrected chi connectivity index (χ0v) is 11.5. The molecule has 2 nitrogen and oxygen atoms in total. The minimum absolute atomic E-state index is 0.288. The van der Waals surface area contributed by atoms with E-state index in [0.717, 1.165) is 19.4 Å². The SMILES string of the molecule is CCNC(Cc1ccc(C)cc1)C(CC)OC. The van der Waals surface area contributed by atoms with Crippen LogP contribution in [0.4, 0.5) is 0 Å². The summed E-state index contributed by atoms with van der Waals surface area (Å²) in [5, 5.41) is 3.52. The topological polar surface area (TPSA) is 21.3 Å². The van der Waals surface area contributed by atoms with Crippen LogP contribution >= 0.6 is 0 Å². The summed E-state index contributed by atoms with van der Waals surface area (Å²) >= 11 is 0. The molecule has 0 fully saturated rings. The number of aryl methyl sites for hydroxylation is 1. The van der Waals surface area contributed by atoms with E-state index in [0.29, 0.717) is 6.04 Å². The van der Waals surface area contributed by atoms with Crippen molar-refractivity contribution >= 4 is 0 Å². The molecule has 1 rings (SSSR count). The summed E-state index contributed by atoms with van der Waals surface area (Å²) < 4.78 is 5.55. The summed E-state index contributed by atoms with van der Waals surface area (Å²) in [6.45, 7) is 7.42.